The summed E-state index contributed by atoms with van der Waals surface area (Å²) in [6, 6.07) is 19.7. The Morgan fingerprint density at radius 3 is 2.73 bits per heavy atom. The van der Waals surface area contributed by atoms with Gasteiger partial charge in [-0.15, -0.1) is 0 Å². The maximum Gasteiger partial charge on any atom is 0.251 e. The van der Waals surface area contributed by atoms with Crippen molar-refractivity contribution in [3.8, 4) is 22.6 Å². The van der Waals surface area contributed by atoms with Gasteiger partial charge in [-0.1, -0.05) is 36.4 Å². The molecule has 0 fully saturated rings. The van der Waals surface area contributed by atoms with E-state index in [1.807, 2.05) is 18.3 Å². The van der Waals surface area contributed by atoms with Gasteiger partial charge in [-0.05, 0) is 58.8 Å². The summed E-state index contributed by atoms with van der Waals surface area (Å²) in [5, 5.41) is 5.16. The summed E-state index contributed by atoms with van der Waals surface area (Å²) in [7, 11) is 0. The summed E-state index contributed by atoms with van der Waals surface area (Å²) in [5.74, 6) is 1.10. The van der Waals surface area contributed by atoms with Gasteiger partial charge in [0.25, 0.3) is 5.91 Å². The lowest BCUT2D eigenvalue weighted by atomic mass is 9.94. The number of hydrogen-bond donors (Lipinski definition) is 1. The molecule has 0 saturated carbocycles. The van der Waals surface area contributed by atoms with Crippen molar-refractivity contribution in [2.45, 2.75) is 13.5 Å². The number of rotatable bonds is 4. The third kappa shape index (κ3) is 3.24. The van der Waals surface area contributed by atoms with E-state index in [1.165, 1.54) is 11.1 Å². The molecule has 0 unspecified atom stereocenters. The quantitative estimate of drug-likeness (QED) is 0.535. The van der Waals surface area contributed by atoms with Crippen LogP contribution in [-0.4, -0.2) is 17.7 Å². The standard InChI is InChI=1S/C25H20N2O3/c1-16-4-2-3-5-19(16)20-8-6-18(22-14-26-11-10-21(20)22)13-27-25(28)17-7-9-23-24(12-17)30-15-29-23/h2-12,14H,13,15H2,1H3,(H,27,28). The minimum Gasteiger partial charge on any atom is -0.454 e. The normalized spacial score (nSPS) is 12.2. The van der Waals surface area contributed by atoms with Gasteiger partial charge in [-0.25, -0.2) is 0 Å². The minimum atomic E-state index is -0.159. The number of fused-ring (bicyclic) bond motifs is 2. The lowest BCUT2D eigenvalue weighted by molar-refractivity contribution is 0.0950. The highest BCUT2D eigenvalue weighted by atomic mass is 16.7. The van der Waals surface area contributed by atoms with E-state index in [4.69, 9.17) is 9.47 Å². The average molecular weight is 396 g/mol. The third-order valence-electron chi connectivity index (χ3n) is 5.42. The monoisotopic (exact) mass is 396 g/mol. The third-order valence-corrected chi connectivity index (χ3v) is 5.42. The number of ether oxygens (including phenoxy) is 2. The van der Waals surface area contributed by atoms with E-state index < -0.39 is 0 Å². The second-order valence-corrected chi connectivity index (χ2v) is 7.26. The Kier molecular flexibility index (Phi) is 4.56. The van der Waals surface area contributed by atoms with Crippen molar-refractivity contribution in [1.29, 1.82) is 0 Å². The first kappa shape index (κ1) is 18.2. The molecule has 0 saturated heterocycles. The molecular formula is C25H20N2O3. The summed E-state index contributed by atoms with van der Waals surface area (Å²) in [6.07, 6.45) is 3.66. The largest absolute Gasteiger partial charge is 0.454 e. The molecule has 148 valence electrons. The predicted octanol–water partition coefficient (Wildman–Crippen LogP) is 4.87. The van der Waals surface area contributed by atoms with Gasteiger partial charge in [0.2, 0.25) is 6.79 Å². The van der Waals surface area contributed by atoms with Gasteiger partial charge in [0.1, 0.15) is 0 Å². The molecule has 5 nitrogen and oxygen atoms in total. The van der Waals surface area contributed by atoms with Gasteiger partial charge in [-0.3, -0.25) is 9.78 Å². The molecule has 1 N–H and O–H groups in total. The molecule has 0 radical (unpaired) electrons. The van der Waals surface area contributed by atoms with Gasteiger partial charge in [0, 0.05) is 29.9 Å². The van der Waals surface area contributed by atoms with Gasteiger partial charge in [0.15, 0.2) is 11.5 Å². The molecule has 5 rings (SSSR count). The number of benzene rings is 3. The zero-order chi connectivity index (χ0) is 20.5. The van der Waals surface area contributed by atoms with Crippen LogP contribution in [0.25, 0.3) is 21.9 Å². The van der Waals surface area contributed by atoms with E-state index in [1.54, 1.807) is 24.4 Å². The SMILES string of the molecule is Cc1ccccc1-c1ccc(CNC(=O)c2ccc3c(c2)OCO3)c2cnccc12. The molecule has 0 aliphatic carbocycles. The molecule has 1 aliphatic heterocycles. The van der Waals surface area contributed by atoms with Gasteiger partial charge in [0.05, 0.1) is 0 Å². The number of carbonyl (C=O) groups excluding carboxylic acids is 1. The second-order valence-electron chi connectivity index (χ2n) is 7.26. The van der Waals surface area contributed by atoms with Crippen LogP contribution < -0.4 is 14.8 Å². The smallest absolute Gasteiger partial charge is 0.251 e. The molecule has 30 heavy (non-hydrogen) atoms. The zero-order valence-electron chi connectivity index (χ0n) is 16.5. The Bertz CT molecular complexity index is 1270. The van der Waals surface area contributed by atoms with Gasteiger partial charge in [-0.2, -0.15) is 0 Å². The second kappa shape index (κ2) is 7.52. The van der Waals surface area contributed by atoms with E-state index in [2.05, 4.69) is 47.6 Å². The number of nitrogens with zero attached hydrogens (tertiary/aromatic N) is 1. The van der Waals surface area contributed by atoms with E-state index in [0.29, 0.717) is 23.6 Å². The molecule has 4 aromatic rings. The average Bonchev–Trinajstić information content (AvgIpc) is 3.26. The van der Waals surface area contributed by atoms with Crippen molar-refractivity contribution in [2.75, 3.05) is 6.79 Å². The number of hydrogen-bond acceptors (Lipinski definition) is 4. The first-order chi connectivity index (χ1) is 14.7. The predicted molar refractivity (Wildman–Crippen MR) is 116 cm³/mol. The summed E-state index contributed by atoms with van der Waals surface area (Å²) in [6.45, 7) is 2.71. The van der Waals surface area contributed by atoms with Crippen molar-refractivity contribution in [2.24, 2.45) is 0 Å². The number of aromatic nitrogens is 1. The number of nitrogens with one attached hydrogen (secondary N) is 1. The maximum atomic E-state index is 12.7. The fourth-order valence-corrected chi connectivity index (χ4v) is 3.83. The lowest BCUT2D eigenvalue weighted by Crippen LogP contribution is -2.22. The molecule has 1 aromatic heterocycles. The van der Waals surface area contributed by atoms with Crippen LogP contribution in [0, 0.1) is 6.92 Å². The summed E-state index contributed by atoms with van der Waals surface area (Å²) in [5.41, 5.74) is 5.14. The highest BCUT2D eigenvalue weighted by Crippen LogP contribution is 2.33. The molecule has 0 spiro atoms. The summed E-state index contributed by atoms with van der Waals surface area (Å²) in [4.78, 5) is 17.0. The fraction of sp³-hybridized carbons (Fsp3) is 0.120. The molecular weight excluding hydrogens is 376 g/mol. The van der Waals surface area contributed by atoms with Crippen LogP contribution in [0.5, 0.6) is 11.5 Å². The minimum absolute atomic E-state index is 0.159. The molecule has 1 aliphatic rings. The molecule has 1 amide bonds. The van der Waals surface area contributed by atoms with Gasteiger partial charge < -0.3 is 14.8 Å². The highest BCUT2D eigenvalue weighted by Gasteiger charge is 2.16. The van der Waals surface area contributed by atoms with Crippen molar-refractivity contribution in [3.05, 3.63) is 89.7 Å². The number of amides is 1. The Balaban J connectivity index is 1.44. The van der Waals surface area contributed by atoms with Gasteiger partial charge >= 0.3 is 0 Å². The first-order valence-corrected chi connectivity index (χ1v) is 9.80. The Hall–Kier alpha value is -3.86. The topological polar surface area (TPSA) is 60.5 Å². The molecule has 0 bridgehead atoms. The molecule has 2 heterocycles. The maximum absolute atomic E-state index is 12.7. The van der Waals surface area contributed by atoms with E-state index in [-0.39, 0.29) is 12.7 Å². The van der Waals surface area contributed by atoms with Crippen molar-refractivity contribution < 1.29 is 14.3 Å². The Labute approximate surface area is 174 Å². The van der Waals surface area contributed by atoms with Crippen LogP contribution in [0.3, 0.4) is 0 Å². The number of carbonyl (C=O) groups is 1. The number of pyridine rings is 1. The summed E-state index contributed by atoms with van der Waals surface area (Å²) >= 11 is 0. The lowest BCUT2D eigenvalue weighted by Gasteiger charge is -2.13. The van der Waals surface area contributed by atoms with Crippen molar-refractivity contribution in [3.63, 3.8) is 0 Å². The van der Waals surface area contributed by atoms with Crippen LogP contribution >= 0.6 is 0 Å². The van der Waals surface area contributed by atoms with E-state index in [0.717, 1.165) is 21.9 Å². The van der Waals surface area contributed by atoms with Crippen molar-refractivity contribution >= 4 is 16.7 Å². The van der Waals surface area contributed by atoms with E-state index in [9.17, 15) is 4.79 Å². The Morgan fingerprint density at radius 1 is 0.967 bits per heavy atom. The zero-order valence-corrected chi connectivity index (χ0v) is 16.5. The molecule has 5 heteroatoms. The molecule has 3 aromatic carbocycles. The van der Waals surface area contributed by atoms with Crippen LogP contribution in [0.2, 0.25) is 0 Å². The van der Waals surface area contributed by atoms with Crippen LogP contribution in [0.4, 0.5) is 0 Å². The summed E-state index contributed by atoms with van der Waals surface area (Å²) < 4.78 is 10.7. The number of aryl methyl sites for hydroxylation is 1. The Morgan fingerprint density at radius 2 is 1.83 bits per heavy atom. The fourth-order valence-electron chi connectivity index (χ4n) is 3.83. The van der Waals surface area contributed by atoms with Crippen molar-refractivity contribution in [1.82, 2.24) is 10.3 Å². The highest BCUT2D eigenvalue weighted by molar-refractivity contribution is 5.99. The first-order valence-electron chi connectivity index (χ1n) is 9.80. The van der Waals surface area contributed by atoms with Crippen LogP contribution in [0.1, 0.15) is 21.5 Å². The van der Waals surface area contributed by atoms with Crippen LogP contribution in [-0.2, 0) is 6.54 Å². The van der Waals surface area contributed by atoms with Crippen LogP contribution in [0.15, 0.2) is 73.1 Å². The molecule has 0 atom stereocenters. The van der Waals surface area contributed by atoms with E-state index >= 15 is 0 Å².